The van der Waals surface area contributed by atoms with E-state index in [1.54, 1.807) is 0 Å². The van der Waals surface area contributed by atoms with Gasteiger partial charge in [-0.2, -0.15) is 0 Å². The van der Waals surface area contributed by atoms with Gasteiger partial charge in [-0.3, -0.25) is 9.80 Å². The van der Waals surface area contributed by atoms with Gasteiger partial charge in [-0.1, -0.05) is 20.8 Å². The number of β-amino-alcohol motifs (C(OH)–C–C–N with tert-alkyl or cyclic N) is 1. The van der Waals surface area contributed by atoms with E-state index in [0.29, 0.717) is 6.04 Å². The first-order valence-electron chi connectivity index (χ1n) is 7.19. The van der Waals surface area contributed by atoms with E-state index < -0.39 is 0 Å². The molecule has 108 valence electrons. The number of aliphatic hydroxyl groups excluding tert-OH is 1. The molecule has 2 atom stereocenters. The topological polar surface area (TPSA) is 52.7 Å². The molecule has 2 unspecified atom stereocenters. The van der Waals surface area contributed by atoms with Crippen LogP contribution in [0.5, 0.6) is 0 Å². The van der Waals surface area contributed by atoms with E-state index in [2.05, 4.69) is 37.5 Å². The van der Waals surface area contributed by atoms with Crippen molar-refractivity contribution in [3.05, 3.63) is 0 Å². The molecule has 1 rings (SSSR count). The summed E-state index contributed by atoms with van der Waals surface area (Å²) in [5.74, 6) is 0. The maximum absolute atomic E-state index is 9.03. The second kappa shape index (κ2) is 6.85. The monoisotopic (exact) mass is 257 g/mol. The average Bonchev–Trinajstić information content (AvgIpc) is 2.42. The molecule has 0 saturated carbocycles. The largest absolute Gasteiger partial charge is 0.395 e. The zero-order chi connectivity index (χ0) is 13.8. The summed E-state index contributed by atoms with van der Waals surface area (Å²) in [4.78, 5) is 4.89. The van der Waals surface area contributed by atoms with Gasteiger partial charge in [0.2, 0.25) is 0 Å². The molecule has 1 fully saturated rings. The summed E-state index contributed by atoms with van der Waals surface area (Å²) in [6.07, 6.45) is 1.17. The van der Waals surface area contributed by atoms with E-state index in [-0.39, 0.29) is 18.1 Å². The van der Waals surface area contributed by atoms with Gasteiger partial charge < -0.3 is 10.8 Å². The summed E-state index contributed by atoms with van der Waals surface area (Å²) in [5.41, 5.74) is 6.41. The molecule has 0 spiro atoms. The summed E-state index contributed by atoms with van der Waals surface area (Å²) in [6.45, 7) is 14.3. The highest BCUT2D eigenvalue weighted by Gasteiger charge is 2.33. The standard InChI is InChI=1S/C14H31N3O/c1-12(15)13(14(2,3)4)17-7-5-6-16(8-9-17)10-11-18/h12-13,18H,5-11,15H2,1-4H3. The Morgan fingerprint density at radius 3 is 2.33 bits per heavy atom. The lowest BCUT2D eigenvalue weighted by molar-refractivity contribution is 0.0841. The van der Waals surface area contributed by atoms with Gasteiger partial charge in [0.25, 0.3) is 0 Å². The van der Waals surface area contributed by atoms with Gasteiger partial charge in [0.05, 0.1) is 6.61 Å². The Morgan fingerprint density at radius 1 is 1.17 bits per heavy atom. The molecule has 0 amide bonds. The molecule has 18 heavy (non-hydrogen) atoms. The third-order valence-corrected chi connectivity index (χ3v) is 3.82. The van der Waals surface area contributed by atoms with Crippen molar-refractivity contribution in [2.45, 2.75) is 46.2 Å². The number of aliphatic hydroxyl groups is 1. The second-order valence-corrected chi connectivity index (χ2v) is 6.62. The Labute approximate surface area is 112 Å². The summed E-state index contributed by atoms with van der Waals surface area (Å²) in [5, 5.41) is 9.03. The highest BCUT2D eigenvalue weighted by atomic mass is 16.3. The minimum absolute atomic E-state index is 0.189. The van der Waals surface area contributed by atoms with Gasteiger partial charge in [0.15, 0.2) is 0 Å². The zero-order valence-electron chi connectivity index (χ0n) is 12.5. The van der Waals surface area contributed by atoms with Crippen molar-refractivity contribution < 1.29 is 5.11 Å². The first-order chi connectivity index (χ1) is 8.36. The van der Waals surface area contributed by atoms with Crippen LogP contribution in [0, 0.1) is 5.41 Å². The van der Waals surface area contributed by atoms with E-state index in [1.807, 2.05) is 0 Å². The highest BCUT2D eigenvalue weighted by Crippen LogP contribution is 2.27. The van der Waals surface area contributed by atoms with Gasteiger partial charge in [-0.15, -0.1) is 0 Å². The van der Waals surface area contributed by atoms with E-state index in [0.717, 1.165) is 32.7 Å². The van der Waals surface area contributed by atoms with Gasteiger partial charge in [0.1, 0.15) is 0 Å². The maximum atomic E-state index is 9.03. The van der Waals surface area contributed by atoms with Gasteiger partial charge in [0, 0.05) is 31.7 Å². The van der Waals surface area contributed by atoms with Crippen molar-refractivity contribution in [1.29, 1.82) is 0 Å². The molecule has 0 aliphatic carbocycles. The Balaban J connectivity index is 2.64. The Kier molecular flexibility index (Phi) is 6.05. The van der Waals surface area contributed by atoms with Gasteiger partial charge >= 0.3 is 0 Å². The zero-order valence-corrected chi connectivity index (χ0v) is 12.5. The minimum atomic E-state index is 0.189. The number of rotatable bonds is 4. The SMILES string of the molecule is CC(N)C(N1CCCN(CCO)CC1)C(C)(C)C. The molecule has 0 aromatic heterocycles. The summed E-state index contributed by atoms with van der Waals surface area (Å²) in [7, 11) is 0. The van der Waals surface area contributed by atoms with Crippen LogP contribution in [0.2, 0.25) is 0 Å². The predicted octanol–water partition coefficient (Wildman–Crippen LogP) is 0.748. The lowest BCUT2D eigenvalue weighted by Crippen LogP contribution is -2.54. The molecule has 0 bridgehead atoms. The van der Waals surface area contributed by atoms with Crippen molar-refractivity contribution in [3.8, 4) is 0 Å². The normalized spacial score (nSPS) is 23.7. The summed E-state index contributed by atoms with van der Waals surface area (Å²) >= 11 is 0. The maximum Gasteiger partial charge on any atom is 0.0558 e. The fraction of sp³-hybridized carbons (Fsp3) is 1.00. The van der Waals surface area contributed by atoms with E-state index in [4.69, 9.17) is 10.8 Å². The van der Waals surface area contributed by atoms with Crippen LogP contribution in [-0.4, -0.2) is 66.3 Å². The summed E-state index contributed by atoms with van der Waals surface area (Å²) in [6, 6.07) is 0.612. The van der Waals surface area contributed by atoms with Crippen LogP contribution >= 0.6 is 0 Å². The van der Waals surface area contributed by atoms with Crippen molar-refractivity contribution in [2.24, 2.45) is 11.1 Å². The molecule has 0 aromatic rings. The molecular formula is C14H31N3O. The Morgan fingerprint density at radius 2 is 1.83 bits per heavy atom. The van der Waals surface area contributed by atoms with Crippen molar-refractivity contribution in [1.82, 2.24) is 9.80 Å². The van der Waals surface area contributed by atoms with Crippen LogP contribution in [0.25, 0.3) is 0 Å². The molecule has 0 aromatic carbocycles. The van der Waals surface area contributed by atoms with Gasteiger partial charge in [-0.25, -0.2) is 0 Å². The minimum Gasteiger partial charge on any atom is -0.395 e. The van der Waals surface area contributed by atoms with Crippen LogP contribution in [0.4, 0.5) is 0 Å². The number of hydrogen-bond donors (Lipinski definition) is 2. The Hall–Kier alpha value is -0.160. The van der Waals surface area contributed by atoms with Gasteiger partial charge in [-0.05, 0) is 31.8 Å². The van der Waals surface area contributed by atoms with Crippen molar-refractivity contribution in [2.75, 3.05) is 39.3 Å². The molecule has 4 nitrogen and oxygen atoms in total. The first kappa shape index (κ1) is 15.9. The summed E-state index contributed by atoms with van der Waals surface area (Å²) < 4.78 is 0. The second-order valence-electron chi connectivity index (χ2n) is 6.62. The molecule has 0 radical (unpaired) electrons. The fourth-order valence-corrected chi connectivity index (χ4v) is 3.30. The lowest BCUT2D eigenvalue weighted by atomic mass is 9.81. The predicted molar refractivity (Wildman–Crippen MR) is 76.6 cm³/mol. The lowest BCUT2D eigenvalue weighted by Gasteiger charge is -2.42. The van der Waals surface area contributed by atoms with E-state index in [1.165, 1.54) is 6.42 Å². The van der Waals surface area contributed by atoms with Crippen LogP contribution in [0.1, 0.15) is 34.1 Å². The van der Waals surface area contributed by atoms with Crippen LogP contribution < -0.4 is 5.73 Å². The number of nitrogens with zero attached hydrogens (tertiary/aromatic N) is 2. The average molecular weight is 257 g/mol. The quantitative estimate of drug-likeness (QED) is 0.780. The number of nitrogens with two attached hydrogens (primary N) is 1. The van der Waals surface area contributed by atoms with Crippen LogP contribution in [0.3, 0.4) is 0 Å². The van der Waals surface area contributed by atoms with Crippen molar-refractivity contribution >= 4 is 0 Å². The molecule has 1 saturated heterocycles. The third-order valence-electron chi connectivity index (χ3n) is 3.82. The fourth-order valence-electron chi connectivity index (χ4n) is 3.30. The van der Waals surface area contributed by atoms with Crippen LogP contribution in [0.15, 0.2) is 0 Å². The van der Waals surface area contributed by atoms with E-state index >= 15 is 0 Å². The van der Waals surface area contributed by atoms with Crippen LogP contribution in [-0.2, 0) is 0 Å². The smallest absolute Gasteiger partial charge is 0.0558 e. The molecule has 1 heterocycles. The van der Waals surface area contributed by atoms with E-state index in [9.17, 15) is 0 Å². The molecule has 4 heteroatoms. The molecular weight excluding hydrogens is 226 g/mol. The third kappa shape index (κ3) is 4.50. The molecule has 1 aliphatic rings. The van der Waals surface area contributed by atoms with Crippen molar-refractivity contribution in [3.63, 3.8) is 0 Å². The first-order valence-corrected chi connectivity index (χ1v) is 7.19. The number of hydrogen-bond acceptors (Lipinski definition) is 4. The molecule has 1 aliphatic heterocycles. The highest BCUT2D eigenvalue weighted by molar-refractivity contribution is 4.90. The Bertz CT molecular complexity index is 238. The molecule has 3 N–H and O–H groups in total.